The van der Waals surface area contributed by atoms with E-state index in [0.29, 0.717) is 18.2 Å². The minimum atomic E-state index is -4.29. The van der Waals surface area contributed by atoms with E-state index in [1.165, 1.54) is 12.1 Å². The summed E-state index contributed by atoms with van der Waals surface area (Å²) in [6.07, 6.45) is -1.15. The Morgan fingerprint density at radius 3 is 2.65 bits per heavy atom. The molecule has 2 heterocycles. The molecule has 2 nitrogen and oxygen atoms in total. The predicted molar refractivity (Wildman–Crippen MR) is 72.9 cm³/mol. The number of hydrogen-bond acceptors (Lipinski definition) is 2. The molecule has 2 N–H and O–H groups in total. The minimum absolute atomic E-state index is 0.237. The van der Waals surface area contributed by atoms with Gasteiger partial charge in [-0.25, -0.2) is 0 Å². The first-order chi connectivity index (χ1) is 9.57. The highest BCUT2D eigenvalue weighted by atomic mass is 19.4. The first kappa shape index (κ1) is 13.7. The highest BCUT2D eigenvalue weighted by molar-refractivity contribution is 5.62. The summed E-state index contributed by atoms with van der Waals surface area (Å²) in [5.41, 5.74) is 0.630. The van der Waals surface area contributed by atoms with E-state index >= 15 is 0 Å². The third-order valence-electron chi connectivity index (χ3n) is 4.46. The van der Waals surface area contributed by atoms with Gasteiger partial charge in [0.25, 0.3) is 0 Å². The lowest BCUT2D eigenvalue weighted by Crippen LogP contribution is -2.35. The van der Waals surface area contributed by atoms with Gasteiger partial charge in [0.05, 0.1) is 5.56 Å². The summed E-state index contributed by atoms with van der Waals surface area (Å²) in [5, 5.41) is 6.33. The zero-order chi connectivity index (χ0) is 14.2. The summed E-state index contributed by atoms with van der Waals surface area (Å²) in [6.45, 7) is 2.57. The number of rotatable bonds is 1. The van der Waals surface area contributed by atoms with Crippen LogP contribution in [0.3, 0.4) is 0 Å². The fraction of sp³-hybridized carbons (Fsp3) is 0.600. The molecule has 0 bridgehead atoms. The van der Waals surface area contributed by atoms with Crippen molar-refractivity contribution in [1.82, 2.24) is 5.32 Å². The summed E-state index contributed by atoms with van der Waals surface area (Å²) in [6, 6.07) is 4.57. The van der Waals surface area contributed by atoms with Gasteiger partial charge in [-0.05, 0) is 55.8 Å². The second kappa shape index (κ2) is 5.28. The Morgan fingerprint density at radius 1 is 1.10 bits per heavy atom. The van der Waals surface area contributed by atoms with Crippen LogP contribution in [0.15, 0.2) is 18.2 Å². The van der Waals surface area contributed by atoms with Crippen molar-refractivity contribution in [2.75, 3.05) is 25.0 Å². The van der Waals surface area contributed by atoms with E-state index < -0.39 is 11.7 Å². The van der Waals surface area contributed by atoms with Gasteiger partial charge in [-0.15, -0.1) is 0 Å². The fourth-order valence-corrected chi connectivity index (χ4v) is 3.53. The largest absolute Gasteiger partial charge is 0.418 e. The van der Waals surface area contributed by atoms with Crippen molar-refractivity contribution >= 4 is 5.69 Å². The number of halogens is 3. The molecule has 0 aliphatic carbocycles. The minimum Gasteiger partial charge on any atom is -0.384 e. The van der Waals surface area contributed by atoms with Crippen molar-refractivity contribution < 1.29 is 13.2 Å². The fourth-order valence-electron chi connectivity index (χ4n) is 3.53. The van der Waals surface area contributed by atoms with Crippen LogP contribution in [0.1, 0.15) is 36.3 Å². The lowest BCUT2D eigenvalue weighted by Gasteiger charge is -2.36. The second-order valence-corrected chi connectivity index (χ2v) is 5.70. The van der Waals surface area contributed by atoms with Crippen molar-refractivity contribution in [1.29, 1.82) is 0 Å². The number of anilines is 1. The van der Waals surface area contributed by atoms with Gasteiger partial charge in [-0.3, -0.25) is 0 Å². The molecule has 110 valence electrons. The van der Waals surface area contributed by atoms with Crippen molar-refractivity contribution in [3.63, 3.8) is 0 Å². The molecule has 0 radical (unpaired) electrons. The molecule has 1 aromatic rings. The average Bonchev–Trinajstić information content (AvgIpc) is 2.46. The lowest BCUT2D eigenvalue weighted by atomic mass is 9.77. The molecule has 20 heavy (non-hydrogen) atoms. The Kier molecular flexibility index (Phi) is 3.63. The SMILES string of the molecule is FC(F)(F)c1cccc2c1NCCC2C1CCCNC1. The van der Waals surface area contributed by atoms with Crippen LogP contribution in [-0.4, -0.2) is 19.6 Å². The van der Waals surface area contributed by atoms with Gasteiger partial charge in [0.2, 0.25) is 0 Å². The Labute approximate surface area is 116 Å². The van der Waals surface area contributed by atoms with Gasteiger partial charge in [-0.2, -0.15) is 13.2 Å². The Balaban J connectivity index is 1.96. The summed E-state index contributed by atoms with van der Waals surface area (Å²) in [5.74, 6) is 0.689. The van der Waals surface area contributed by atoms with Crippen LogP contribution in [0, 0.1) is 5.92 Å². The van der Waals surface area contributed by atoms with E-state index in [1.54, 1.807) is 0 Å². The lowest BCUT2D eigenvalue weighted by molar-refractivity contribution is -0.137. The van der Waals surface area contributed by atoms with Gasteiger partial charge in [0.1, 0.15) is 0 Å². The number of hydrogen-bond donors (Lipinski definition) is 2. The van der Waals surface area contributed by atoms with Crippen molar-refractivity contribution in [2.45, 2.75) is 31.4 Å². The van der Waals surface area contributed by atoms with Gasteiger partial charge in [-0.1, -0.05) is 12.1 Å². The molecule has 5 heteroatoms. The Morgan fingerprint density at radius 2 is 1.95 bits per heavy atom. The van der Waals surface area contributed by atoms with Crippen LogP contribution < -0.4 is 10.6 Å². The normalized spacial score (nSPS) is 26.8. The number of nitrogens with one attached hydrogen (secondary N) is 2. The summed E-state index contributed by atoms with van der Waals surface area (Å²) < 4.78 is 39.3. The second-order valence-electron chi connectivity index (χ2n) is 5.70. The van der Waals surface area contributed by atoms with Crippen LogP contribution in [0.5, 0.6) is 0 Å². The zero-order valence-electron chi connectivity index (χ0n) is 11.3. The molecule has 3 rings (SSSR count). The molecule has 2 unspecified atom stereocenters. The highest BCUT2D eigenvalue weighted by Crippen LogP contribution is 2.44. The van der Waals surface area contributed by atoms with E-state index in [9.17, 15) is 13.2 Å². The topological polar surface area (TPSA) is 24.1 Å². The maximum atomic E-state index is 13.1. The van der Waals surface area contributed by atoms with E-state index in [-0.39, 0.29) is 5.92 Å². The zero-order valence-corrected chi connectivity index (χ0v) is 11.3. The van der Waals surface area contributed by atoms with Crippen molar-refractivity contribution in [3.05, 3.63) is 29.3 Å². The number of para-hydroxylation sites is 1. The summed E-state index contributed by atoms with van der Waals surface area (Å²) >= 11 is 0. The van der Waals surface area contributed by atoms with Crippen LogP contribution >= 0.6 is 0 Å². The molecule has 0 spiro atoms. The number of alkyl halides is 3. The van der Waals surface area contributed by atoms with Crippen molar-refractivity contribution in [2.24, 2.45) is 5.92 Å². The maximum Gasteiger partial charge on any atom is 0.418 e. The maximum absolute atomic E-state index is 13.1. The molecule has 0 amide bonds. The third kappa shape index (κ3) is 2.51. The standard InChI is InChI=1S/C15H19F3N2/c16-15(17,18)13-5-1-4-12-11(6-8-20-14(12)13)10-3-2-7-19-9-10/h1,4-5,10-11,19-20H,2-3,6-9H2. The van der Waals surface area contributed by atoms with Crippen LogP contribution in [-0.2, 0) is 6.18 Å². The Bertz CT molecular complexity index is 478. The van der Waals surface area contributed by atoms with Crippen LogP contribution in [0.25, 0.3) is 0 Å². The van der Waals surface area contributed by atoms with Gasteiger partial charge >= 0.3 is 6.18 Å². The molecular formula is C15H19F3N2. The number of piperidine rings is 1. The average molecular weight is 284 g/mol. The first-order valence-electron chi connectivity index (χ1n) is 7.22. The number of fused-ring (bicyclic) bond motifs is 1. The summed E-state index contributed by atoms with van der Waals surface area (Å²) in [4.78, 5) is 0. The molecular weight excluding hydrogens is 265 g/mol. The molecule has 2 aliphatic rings. The van der Waals surface area contributed by atoms with E-state index in [0.717, 1.165) is 37.9 Å². The third-order valence-corrected chi connectivity index (χ3v) is 4.46. The molecule has 1 aromatic carbocycles. The number of benzene rings is 1. The quantitative estimate of drug-likeness (QED) is 0.823. The summed E-state index contributed by atoms with van der Waals surface area (Å²) in [7, 11) is 0. The monoisotopic (exact) mass is 284 g/mol. The van der Waals surface area contributed by atoms with Gasteiger partial charge in [0.15, 0.2) is 0 Å². The van der Waals surface area contributed by atoms with Crippen LogP contribution in [0.4, 0.5) is 18.9 Å². The highest BCUT2D eigenvalue weighted by Gasteiger charge is 2.37. The predicted octanol–water partition coefficient (Wildman–Crippen LogP) is 3.60. The van der Waals surface area contributed by atoms with Gasteiger partial charge in [0, 0.05) is 12.2 Å². The molecule has 1 fully saturated rings. The molecule has 0 saturated carbocycles. The molecule has 2 atom stereocenters. The first-order valence-corrected chi connectivity index (χ1v) is 7.22. The van der Waals surface area contributed by atoms with Crippen molar-refractivity contribution in [3.8, 4) is 0 Å². The molecule has 1 saturated heterocycles. The van der Waals surface area contributed by atoms with Gasteiger partial charge < -0.3 is 10.6 Å². The smallest absolute Gasteiger partial charge is 0.384 e. The molecule has 0 aromatic heterocycles. The molecule has 2 aliphatic heterocycles. The van der Waals surface area contributed by atoms with Crippen LogP contribution in [0.2, 0.25) is 0 Å². The van der Waals surface area contributed by atoms with E-state index in [2.05, 4.69) is 10.6 Å². The van der Waals surface area contributed by atoms with E-state index in [1.807, 2.05) is 6.07 Å². The Hall–Kier alpha value is -1.23. The van der Waals surface area contributed by atoms with E-state index in [4.69, 9.17) is 0 Å².